The Morgan fingerprint density at radius 2 is 2.13 bits per heavy atom. The predicted molar refractivity (Wildman–Crippen MR) is 93.9 cm³/mol. The molecule has 23 heavy (non-hydrogen) atoms. The molecular formula is C18H29N3O2. The van der Waals surface area contributed by atoms with Crippen molar-refractivity contribution in [2.75, 3.05) is 38.7 Å². The molecule has 1 aromatic carbocycles. The molecule has 2 N–H and O–H groups in total. The van der Waals surface area contributed by atoms with Gasteiger partial charge in [0.05, 0.1) is 5.69 Å². The summed E-state index contributed by atoms with van der Waals surface area (Å²) in [6, 6.07) is 6.01. The van der Waals surface area contributed by atoms with Crippen LogP contribution in [0, 0.1) is 0 Å². The highest BCUT2D eigenvalue weighted by Gasteiger charge is 2.26. The molecule has 1 aromatic rings. The molecule has 128 valence electrons. The summed E-state index contributed by atoms with van der Waals surface area (Å²) in [5, 5.41) is 0. The summed E-state index contributed by atoms with van der Waals surface area (Å²) in [6.45, 7) is 3.95. The quantitative estimate of drug-likeness (QED) is 0.800. The van der Waals surface area contributed by atoms with E-state index in [1.54, 1.807) is 0 Å². The van der Waals surface area contributed by atoms with Gasteiger partial charge in [-0.15, -0.1) is 0 Å². The lowest BCUT2D eigenvalue weighted by atomic mass is 10.0. The summed E-state index contributed by atoms with van der Waals surface area (Å²) in [5.41, 5.74) is 8.23. The number of ether oxygens (including phenoxy) is 1. The maximum atomic E-state index is 12.2. The molecular weight excluding hydrogens is 290 g/mol. The number of hydrogen-bond donors (Lipinski definition) is 1. The van der Waals surface area contributed by atoms with E-state index in [-0.39, 0.29) is 18.6 Å². The zero-order valence-corrected chi connectivity index (χ0v) is 14.5. The molecule has 5 heteroatoms. The van der Waals surface area contributed by atoms with Crippen LogP contribution in [0.4, 0.5) is 5.69 Å². The van der Waals surface area contributed by atoms with Crippen LogP contribution < -0.4 is 15.4 Å². The van der Waals surface area contributed by atoms with E-state index in [1.807, 2.05) is 37.2 Å². The van der Waals surface area contributed by atoms with E-state index in [9.17, 15) is 4.79 Å². The first-order chi connectivity index (χ1) is 11.0. The number of hydrogen-bond acceptors (Lipinski definition) is 4. The molecule has 1 unspecified atom stereocenters. The highest BCUT2D eigenvalue weighted by molar-refractivity contribution is 5.97. The smallest absolute Gasteiger partial charge is 0.265 e. The third-order valence-corrected chi connectivity index (χ3v) is 4.21. The van der Waals surface area contributed by atoms with Gasteiger partial charge in [0.15, 0.2) is 6.61 Å². The first-order valence-electron chi connectivity index (χ1n) is 8.50. The van der Waals surface area contributed by atoms with Gasteiger partial charge in [-0.25, -0.2) is 0 Å². The number of unbranched alkanes of at least 4 members (excludes halogenated alkanes) is 1. The van der Waals surface area contributed by atoms with Crippen molar-refractivity contribution < 1.29 is 9.53 Å². The van der Waals surface area contributed by atoms with Crippen LogP contribution in [0.25, 0.3) is 0 Å². The number of benzene rings is 1. The second-order valence-corrected chi connectivity index (χ2v) is 6.47. The minimum Gasteiger partial charge on any atom is -0.482 e. The van der Waals surface area contributed by atoms with Crippen molar-refractivity contribution in [2.24, 2.45) is 5.73 Å². The lowest BCUT2D eigenvalue weighted by Gasteiger charge is -2.30. The Hall–Kier alpha value is -1.59. The van der Waals surface area contributed by atoms with Crippen LogP contribution in [0.2, 0.25) is 0 Å². The topological polar surface area (TPSA) is 58.8 Å². The van der Waals surface area contributed by atoms with E-state index < -0.39 is 0 Å². The first-order valence-corrected chi connectivity index (χ1v) is 8.50. The number of carbonyl (C=O) groups is 1. The number of carbonyl (C=O) groups excluding carboxylic acids is 1. The molecule has 1 amide bonds. The molecule has 5 nitrogen and oxygen atoms in total. The molecule has 0 radical (unpaired) electrons. The van der Waals surface area contributed by atoms with Crippen LogP contribution in [-0.4, -0.2) is 44.6 Å². The van der Waals surface area contributed by atoms with Crippen LogP contribution in [-0.2, 0) is 4.79 Å². The Kier molecular flexibility index (Phi) is 6.42. The van der Waals surface area contributed by atoms with Gasteiger partial charge in [0.2, 0.25) is 0 Å². The van der Waals surface area contributed by atoms with Gasteiger partial charge < -0.3 is 20.3 Å². The Balaban J connectivity index is 2.15. The molecule has 1 atom stereocenters. The number of amides is 1. The maximum Gasteiger partial charge on any atom is 0.265 e. The average molecular weight is 319 g/mol. The van der Waals surface area contributed by atoms with Crippen LogP contribution in [0.5, 0.6) is 5.75 Å². The molecule has 1 heterocycles. The van der Waals surface area contributed by atoms with Crippen molar-refractivity contribution in [1.82, 2.24) is 4.90 Å². The summed E-state index contributed by atoms with van der Waals surface area (Å²) in [4.78, 5) is 16.2. The normalized spacial score (nSPS) is 15.5. The average Bonchev–Trinajstić information content (AvgIpc) is 2.53. The standard InChI is InChI=1S/C18H29N3O2/c1-4-5-7-15(19)14-8-9-17-16(12-14)21(18(22)13-23-17)11-6-10-20(2)3/h8-9,12,15H,4-7,10-11,13,19H2,1-3H3. The minimum atomic E-state index is 0.0147. The fourth-order valence-electron chi connectivity index (χ4n) is 2.83. The number of nitrogens with two attached hydrogens (primary N) is 1. The molecule has 1 aliphatic rings. The predicted octanol–water partition coefficient (Wildman–Crippen LogP) is 2.55. The highest BCUT2D eigenvalue weighted by Crippen LogP contribution is 2.35. The second-order valence-electron chi connectivity index (χ2n) is 6.47. The van der Waals surface area contributed by atoms with Crippen LogP contribution >= 0.6 is 0 Å². The lowest BCUT2D eigenvalue weighted by molar-refractivity contribution is -0.121. The SMILES string of the molecule is CCCCC(N)c1ccc2c(c1)N(CCCN(C)C)C(=O)CO2. The van der Waals surface area contributed by atoms with Crippen molar-refractivity contribution >= 4 is 11.6 Å². The van der Waals surface area contributed by atoms with Gasteiger partial charge in [0.1, 0.15) is 5.75 Å². The fraction of sp³-hybridized carbons (Fsp3) is 0.611. The molecule has 0 aliphatic carbocycles. The summed E-state index contributed by atoms with van der Waals surface area (Å²) < 4.78 is 5.57. The van der Waals surface area contributed by atoms with Gasteiger partial charge in [0.25, 0.3) is 5.91 Å². The Morgan fingerprint density at radius 3 is 2.83 bits per heavy atom. The van der Waals surface area contributed by atoms with Crippen LogP contribution in [0.3, 0.4) is 0 Å². The van der Waals surface area contributed by atoms with Crippen molar-refractivity contribution in [3.8, 4) is 5.75 Å². The van der Waals surface area contributed by atoms with E-state index in [0.29, 0.717) is 6.54 Å². The van der Waals surface area contributed by atoms with Crippen molar-refractivity contribution in [2.45, 2.75) is 38.6 Å². The van der Waals surface area contributed by atoms with E-state index in [1.165, 1.54) is 0 Å². The largest absolute Gasteiger partial charge is 0.482 e. The van der Waals surface area contributed by atoms with Crippen molar-refractivity contribution in [3.63, 3.8) is 0 Å². The van der Waals surface area contributed by atoms with Crippen LogP contribution in [0.15, 0.2) is 18.2 Å². The number of anilines is 1. The first kappa shape index (κ1) is 17.8. The van der Waals surface area contributed by atoms with E-state index >= 15 is 0 Å². The maximum absolute atomic E-state index is 12.2. The van der Waals surface area contributed by atoms with Crippen molar-refractivity contribution in [3.05, 3.63) is 23.8 Å². The Bertz CT molecular complexity index is 531. The zero-order valence-electron chi connectivity index (χ0n) is 14.5. The Morgan fingerprint density at radius 1 is 1.35 bits per heavy atom. The monoisotopic (exact) mass is 319 g/mol. The molecule has 0 spiro atoms. The number of fused-ring (bicyclic) bond motifs is 1. The molecule has 0 saturated carbocycles. The third-order valence-electron chi connectivity index (χ3n) is 4.21. The van der Waals surface area contributed by atoms with Crippen LogP contribution in [0.1, 0.15) is 44.2 Å². The fourth-order valence-corrected chi connectivity index (χ4v) is 2.83. The minimum absolute atomic E-state index is 0.0147. The van der Waals surface area contributed by atoms with Gasteiger partial charge in [-0.05, 0) is 51.2 Å². The molecule has 0 aromatic heterocycles. The van der Waals surface area contributed by atoms with E-state index in [4.69, 9.17) is 10.5 Å². The summed E-state index contributed by atoms with van der Waals surface area (Å²) in [5.74, 6) is 0.802. The van der Waals surface area contributed by atoms with Gasteiger partial charge >= 0.3 is 0 Å². The van der Waals surface area contributed by atoms with E-state index in [0.717, 1.165) is 49.2 Å². The van der Waals surface area contributed by atoms with Crippen molar-refractivity contribution in [1.29, 1.82) is 0 Å². The zero-order chi connectivity index (χ0) is 16.8. The second kappa shape index (κ2) is 8.31. The molecule has 0 bridgehead atoms. The number of nitrogens with zero attached hydrogens (tertiary/aromatic N) is 2. The number of rotatable bonds is 8. The summed E-state index contributed by atoms with van der Waals surface area (Å²) in [7, 11) is 4.08. The summed E-state index contributed by atoms with van der Waals surface area (Å²) >= 11 is 0. The highest BCUT2D eigenvalue weighted by atomic mass is 16.5. The molecule has 0 saturated heterocycles. The molecule has 2 rings (SSSR count). The lowest BCUT2D eigenvalue weighted by Crippen LogP contribution is -2.40. The molecule has 1 aliphatic heterocycles. The summed E-state index contributed by atoms with van der Waals surface area (Å²) in [6.07, 6.45) is 4.14. The van der Waals surface area contributed by atoms with Gasteiger partial charge in [-0.1, -0.05) is 25.8 Å². The van der Waals surface area contributed by atoms with Gasteiger partial charge in [-0.3, -0.25) is 4.79 Å². The van der Waals surface area contributed by atoms with E-state index in [2.05, 4.69) is 11.8 Å². The molecule has 0 fully saturated rings. The Labute approximate surface area is 139 Å². The van der Waals surface area contributed by atoms with Gasteiger partial charge in [-0.2, -0.15) is 0 Å². The van der Waals surface area contributed by atoms with Gasteiger partial charge in [0, 0.05) is 12.6 Å². The third kappa shape index (κ3) is 4.69.